The van der Waals surface area contributed by atoms with Gasteiger partial charge in [-0.1, -0.05) is 6.92 Å². The van der Waals surface area contributed by atoms with Crippen LogP contribution in [0.1, 0.15) is 26.2 Å². The Morgan fingerprint density at radius 1 is 1.25 bits per heavy atom. The van der Waals surface area contributed by atoms with Crippen LogP contribution in [0.3, 0.4) is 0 Å². The van der Waals surface area contributed by atoms with E-state index in [1.54, 1.807) is 0 Å². The summed E-state index contributed by atoms with van der Waals surface area (Å²) >= 11 is 0. The molecule has 0 aromatic carbocycles. The molecule has 3 heteroatoms. The molecule has 0 aliphatic carbocycles. The van der Waals surface area contributed by atoms with Gasteiger partial charge in [0.2, 0.25) is 0 Å². The summed E-state index contributed by atoms with van der Waals surface area (Å²) in [6.07, 6.45) is 4.02. The Bertz CT molecular complexity index is 184. The van der Waals surface area contributed by atoms with Gasteiger partial charge in [0, 0.05) is 26.2 Å². The van der Waals surface area contributed by atoms with Gasteiger partial charge in [0.05, 0.1) is 6.61 Å². The second-order valence-electron chi connectivity index (χ2n) is 5.46. The largest absolute Gasteiger partial charge is 0.381 e. The van der Waals surface area contributed by atoms with Gasteiger partial charge in [0.15, 0.2) is 0 Å². The van der Waals surface area contributed by atoms with E-state index < -0.39 is 0 Å². The van der Waals surface area contributed by atoms with Crippen LogP contribution >= 0.6 is 0 Å². The van der Waals surface area contributed by atoms with Crippen molar-refractivity contribution in [2.45, 2.75) is 26.2 Å². The average Bonchev–Trinajstić information content (AvgIpc) is 2.80. The van der Waals surface area contributed by atoms with Crippen molar-refractivity contribution in [1.82, 2.24) is 10.2 Å². The van der Waals surface area contributed by atoms with E-state index in [1.165, 1.54) is 38.9 Å². The number of hydrogen-bond donors (Lipinski definition) is 1. The van der Waals surface area contributed by atoms with Crippen molar-refractivity contribution in [2.24, 2.45) is 11.8 Å². The average molecular weight is 226 g/mol. The van der Waals surface area contributed by atoms with Crippen LogP contribution in [-0.4, -0.2) is 50.8 Å². The Labute approximate surface area is 99.5 Å². The molecule has 3 nitrogen and oxygen atoms in total. The summed E-state index contributed by atoms with van der Waals surface area (Å²) < 4.78 is 5.37. The second-order valence-corrected chi connectivity index (χ2v) is 5.46. The van der Waals surface area contributed by atoms with Crippen LogP contribution in [0.25, 0.3) is 0 Å². The molecular formula is C13H26N2O. The van der Waals surface area contributed by atoms with Crippen LogP contribution in [0.5, 0.6) is 0 Å². The topological polar surface area (TPSA) is 24.5 Å². The van der Waals surface area contributed by atoms with E-state index in [0.717, 1.165) is 38.1 Å². The third-order valence-electron chi connectivity index (χ3n) is 3.94. The Kier molecular flexibility index (Phi) is 5.07. The third kappa shape index (κ3) is 4.04. The van der Waals surface area contributed by atoms with Crippen LogP contribution in [0.15, 0.2) is 0 Å². The molecule has 0 spiro atoms. The smallest absolute Gasteiger partial charge is 0.0507 e. The molecule has 1 atom stereocenters. The number of rotatable bonds is 5. The van der Waals surface area contributed by atoms with Gasteiger partial charge in [0.1, 0.15) is 0 Å². The minimum Gasteiger partial charge on any atom is -0.381 e. The lowest BCUT2D eigenvalue weighted by molar-refractivity contribution is 0.181. The lowest BCUT2D eigenvalue weighted by atomic mass is 9.99. The number of likely N-dealkylation sites (tertiary alicyclic amines) is 1. The van der Waals surface area contributed by atoms with Gasteiger partial charge in [-0.3, -0.25) is 0 Å². The van der Waals surface area contributed by atoms with Gasteiger partial charge in [0.25, 0.3) is 0 Å². The molecular weight excluding hydrogens is 200 g/mol. The first kappa shape index (κ1) is 12.3. The summed E-state index contributed by atoms with van der Waals surface area (Å²) in [6, 6.07) is 0. The highest BCUT2D eigenvalue weighted by atomic mass is 16.5. The van der Waals surface area contributed by atoms with E-state index in [-0.39, 0.29) is 0 Å². The quantitative estimate of drug-likeness (QED) is 0.716. The maximum atomic E-state index is 5.37. The van der Waals surface area contributed by atoms with Gasteiger partial charge < -0.3 is 15.0 Å². The monoisotopic (exact) mass is 226 g/mol. The molecule has 16 heavy (non-hydrogen) atoms. The van der Waals surface area contributed by atoms with Gasteiger partial charge >= 0.3 is 0 Å². The zero-order valence-corrected chi connectivity index (χ0v) is 10.6. The Morgan fingerprint density at radius 2 is 2.06 bits per heavy atom. The predicted octanol–water partition coefficient (Wildman–Crippen LogP) is 1.34. The van der Waals surface area contributed by atoms with Crippen molar-refractivity contribution in [3.63, 3.8) is 0 Å². The molecule has 94 valence electrons. The fraction of sp³-hybridized carbons (Fsp3) is 1.00. The fourth-order valence-corrected chi connectivity index (χ4v) is 2.57. The van der Waals surface area contributed by atoms with E-state index in [0.29, 0.717) is 0 Å². The van der Waals surface area contributed by atoms with Crippen LogP contribution in [0.2, 0.25) is 0 Å². The molecule has 0 aromatic heterocycles. The summed E-state index contributed by atoms with van der Waals surface area (Å²) in [5.74, 6) is 1.71. The Hall–Kier alpha value is -0.120. The molecule has 2 saturated heterocycles. The number of ether oxygens (including phenoxy) is 1. The highest BCUT2D eigenvalue weighted by molar-refractivity contribution is 4.71. The van der Waals surface area contributed by atoms with Gasteiger partial charge in [-0.05, 0) is 44.2 Å². The molecule has 2 heterocycles. The Morgan fingerprint density at radius 3 is 2.75 bits per heavy atom. The van der Waals surface area contributed by atoms with Gasteiger partial charge in [-0.25, -0.2) is 0 Å². The van der Waals surface area contributed by atoms with Crippen molar-refractivity contribution in [3.8, 4) is 0 Å². The Balaban J connectivity index is 1.48. The summed E-state index contributed by atoms with van der Waals surface area (Å²) in [5.41, 5.74) is 0. The molecule has 2 fully saturated rings. The van der Waals surface area contributed by atoms with Crippen molar-refractivity contribution < 1.29 is 4.74 Å². The van der Waals surface area contributed by atoms with E-state index in [4.69, 9.17) is 4.74 Å². The number of piperidine rings is 1. The van der Waals surface area contributed by atoms with Gasteiger partial charge in [-0.15, -0.1) is 0 Å². The number of hydrogen-bond acceptors (Lipinski definition) is 3. The summed E-state index contributed by atoms with van der Waals surface area (Å²) in [5, 5.41) is 3.56. The van der Waals surface area contributed by atoms with Crippen molar-refractivity contribution in [2.75, 3.05) is 45.9 Å². The lowest BCUT2D eigenvalue weighted by Gasteiger charge is -2.30. The highest BCUT2D eigenvalue weighted by Gasteiger charge is 2.16. The summed E-state index contributed by atoms with van der Waals surface area (Å²) in [7, 11) is 0. The van der Waals surface area contributed by atoms with Crippen molar-refractivity contribution in [1.29, 1.82) is 0 Å². The number of nitrogens with zero attached hydrogens (tertiary/aromatic N) is 1. The fourth-order valence-electron chi connectivity index (χ4n) is 2.57. The maximum Gasteiger partial charge on any atom is 0.0507 e. The second kappa shape index (κ2) is 6.58. The van der Waals surface area contributed by atoms with Gasteiger partial charge in [-0.2, -0.15) is 0 Å². The lowest BCUT2D eigenvalue weighted by Crippen LogP contribution is -2.38. The standard InChI is InChI=1S/C13H26N2O/c1-12-2-6-15(7-3-12)8-5-14-10-13-4-9-16-11-13/h12-14H,2-11H2,1H3. The highest BCUT2D eigenvalue weighted by Crippen LogP contribution is 2.15. The van der Waals surface area contributed by atoms with Crippen LogP contribution < -0.4 is 5.32 Å². The zero-order valence-electron chi connectivity index (χ0n) is 10.6. The van der Waals surface area contributed by atoms with Crippen LogP contribution in [0.4, 0.5) is 0 Å². The van der Waals surface area contributed by atoms with Crippen molar-refractivity contribution in [3.05, 3.63) is 0 Å². The molecule has 0 saturated carbocycles. The molecule has 0 radical (unpaired) electrons. The minimum atomic E-state index is 0.765. The SMILES string of the molecule is CC1CCN(CCNCC2CCOC2)CC1. The number of nitrogens with one attached hydrogen (secondary N) is 1. The molecule has 0 amide bonds. The van der Waals surface area contributed by atoms with E-state index in [1.807, 2.05) is 0 Å². The van der Waals surface area contributed by atoms with E-state index in [9.17, 15) is 0 Å². The van der Waals surface area contributed by atoms with Crippen molar-refractivity contribution >= 4 is 0 Å². The summed E-state index contributed by atoms with van der Waals surface area (Å²) in [4.78, 5) is 2.60. The molecule has 0 aromatic rings. The molecule has 2 aliphatic rings. The van der Waals surface area contributed by atoms with E-state index >= 15 is 0 Å². The first-order valence-corrected chi connectivity index (χ1v) is 6.85. The normalized spacial score (nSPS) is 28.7. The summed E-state index contributed by atoms with van der Waals surface area (Å²) in [6.45, 7) is 10.4. The zero-order chi connectivity index (χ0) is 11.2. The molecule has 2 aliphatic heterocycles. The van der Waals surface area contributed by atoms with Crippen LogP contribution in [0, 0.1) is 11.8 Å². The van der Waals surface area contributed by atoms with E-state index in [2.05, 4.69) is 17.1 Å². The molecule has 0 bridgehead atoms. The third-order valence-corrected chi connectivity index (χ3v) is 3.94. The molecule has 1 unspecified atom stereocenters. The minimum absolute atomic E-state index is 0.765. The first-order valence-electron chi connectivity index (χ1n) is 6.85. The molecule has 2 rings (SSSR count). The predicted molar refractivity (Wildman–Crippen MR) is 66.6 cm³/mol. The first-order chi connectivity index (χ1) is 7.84. The molecule has 1 N–H and O–H groups in total. The maximum absolute atomic E-state index is 5.37. The van der Waals surface area contributed by atoms with Crippen LogP contribution in [-0.2, 0) is 4.74 Å².